The number of rotatable bonds is 2. The monoisotopic (exact) mass is 348 g/mol. The van der Waals surface area contributed by atoms with Crippen LogP contribution in [0.5, 0.6) is 11.5 Å². The van der Waals surface area contributed by atoms with Crippen molar-refractivity contribution in [2.24, 2.45) is 0 Å². The molecule has 19 heavy (non-hydrogen) atoms. The summed E-state index contributed by atoms with van der Waals surface area (Å²) in [4.78, 5) is 20.6. The topological polar surface area (TPSA) is 52.6 Å². The molecule has 0 atom stereocenters. The van der Waals surface area contributed by atoms with Gasteiger partial charge in [0.15, 0.2) is 0 Å². The van der Waals surface area contributed by atoms with Gasteiger partial charge < -0.3 is 49.1 Å². The Kier molecular flexibility index (Phi) is 8.38. The molecule has 4 nitrogen and oxygen atoms in total. The maximum Gasteiger partial charge on any atom is 0.230 e. The van der Waals surface area contributed by atoms with Gasteiger partial charge in [0.05, 0.1) is 5.97 Å². The van der Waals surface area contributed by atoms with E-state index in [0.717, 1.165) is 0 Å². The zero-order valence-electron chi connectivity index (χ0n) is 10.6. The van der Waals surface area contributed by atoms with Gasteiger partial charge in [0, 0.05) is 25.2 Å². The molecule has 0 saturated carbocycles. The summed E-state index contributed by atoms with van der Waals surface area (Å²) in [5.41, 5.74) is 0. The van der Waals surface area contributed by atoms with Crippen molar-refractivity contribution in [1.29, 1.82) is 0 Å². The van der Waals surface area contributed by atoms with Crippen LogP contribution in [-0.4, -0.2) is 11.9 Å². The average molecular weight is 347 g/mol. The smallest absolute Gasteiger partial charge is 0.230 e. The van der Waals surface area contributed by atoms with Gasteiger partial charge >= 0.3 is 0 Å². The summed E-state index contributed by atoms with van der Waals surface area (Å²) in [6.07, 6.45) is 0. The summed E-state index contributed by atoms with van der Waals surface area (Å²) in [5, 5.41) is 0. The Morgan fingerprint density at radius 3 is 1.84 bits per heavy atom. The molecule has 0 heterocycles. The van der Waals surface area contributed by atoms with E-state index in [4.69, 9.17) is 9.47 Å². The third kappa shape index (κ3) is 8.06. The van der Waals surface area contributed by atoms with E-state index in [1.165, 1.54) is 13.8 Å². The molecular weight excluding hydrogens is 333 g/mol. The summed E-state index contributed by atoms with van der Waals surface area (Å²) in [6, 6.07) is 14.2. The zero-order valence-corrected chi connectivity index (χ0v) is 12.3. The molecule has 0 aromatic heterocycles. The summed E-state index contributed by atoms with van der Waals surface area (Å²) >= 11 is 0. The van der Waals surface area contributed by atoms with E-state index in [-0.39, 0.29) is 31.4 Å². The van der Waals surface area contributed by atoms with Crippen LogP contribution >= 0.6 is 0 Å². The molecule has 0 aliphatic carbocycles. The molecule has 0 aliphatic heterocycles. The van der Waals surface area contributed by atoms with Gasteiger partial charge in [0.2, 0.25) is 5.97 Å². The SMILES string of the molecule is CC(=O)O[c-]1[cH-][cH-][cH-][cH-]1.CC(=O)O[c-]1cccc1.[Ru]. The Morgan fingerprint density at radius 2 is 1.42 bits per heavy atom. The van der Waals surface area contributed by atoms with Crippen LogP contribution in [0.25, 0.3) is 0 Å². The first-order valence-electron chi connectivity index (χ1n) is 5.38. The summed E-state index contributed by atoms with van der Waals surface area (Å²) < 4.78 is 9.43. The Bertz CT molecular complexity index is 425. The van der Waals surface area contributed by atoms with E-state index >= 15 is 0 Å². The van der Waals surface area contributed by atoms with Crippen molar-refractivity contribution in [3.63, 3.8) is 0 Å². The van der Waals surface area contributed by atoms with Gasteiger partial charge in [-0.3, -0.25) is 0 Å². The molecular formula is C14H14O4Ru-6. The van der Waals surface area contributed by atoms with Crippen LogP contribution in [0.15, 0.2) is 48.5 Å². The van der Waals surface area contributed by atoms with Gasteiger partial charge in [-0.1, -0.05) is 6.92 Å². The number of esters is 2. The van der Waals surface area contributed by atoms with Gasteiger partial charge in [-0.2, -0.15) is 12.1 Å². The van der Waals surface area contributed by atoms with Gasteiger partial charge in [-0.15, -0.1) is 12.1 Å². The second-order valence-electron chi connectivity index (χ2n) is 3.43. The average Bonchev–Trinajstić information content (AvgIpc) is 2.90. The van der Waals surface area contributed by atoms with Crippen LogP contribution in [0.3, 0.4) is 0 Å². The maximum atomic E-state index is 10.3. The number of hydrogen-bond donors (Lipinski definition) is 0. The number of hydrogen-bond acceptors (Lipinski definition) is 4. The minimum atomic E-state index is -0.277. The van der Waals surface area contributed by atoms with Crippen LogP contribution in [0.2, 0.25) is 0 Å². The van der Waals surface area contributed by atoms with E-state index in [1.54, 1.807) is 24.3 Å². The van der Waals surface area contributed by atoms with E-state index in [1.807, 2.05) is 24.3 Å². The molecule has 5 heteroatoms. The van der Waals surface area contributed by atoms with Crippen LogP contribution in [-0.2, 0) is 29.1 Å². The molecule has 0 fully saturated rings. The maximum absolute atomic E-state index is 10.3. The van der Waals surface area contributed by atoms with Crippen molar-refractivity contribution in [1.82, 2.24) is 0 Å². The second-order valence-corrected chi connectivity index (χ2v) is 3.43. The fraction of sp³-hybridized carbons (Fsp3) is 0.143. The van der Waals surface area contributed by atoms with E-state index < -0.39 is 0 Å². The number of carbonyl (C=O) groups excluding carboxylic acids is 2. The first kappa shape index (κ1) is 17.3. The summed E-state index contributed by atoms with van der Waals surface area (Å²) in [6.45, 7) is 2.76. The predicted octanol–water partition coefficient (Wildman–Crippen LogP) is 2.66. The van der Waals surface area contributed by atoms with Crippen molar-refractivity contribution >= 4 is 11.9 Å². The fourth-order valence-electron chi connectivity index (χ4n) is 1.18. The van der Waals surface area contributed by atoms with Crippen LogP contribution in [0.1, 0.15) is 13.8 Å². The standard InChI is InChI=1S/2C7H7O2.Ru/c2*1-6(8)9-7-4-2-3-5-7;/h2*2-5H,1H3;/q-5;-1;. The van der Waals surface area contributed by atoms with Gasteiger partial charge in [0.25, 0.3) is 0 Å². The molecule has 0 spiro atoms. The van der Waals surface area contributed by atoms with E-state index in [2.05, 4.69) is 0 Å². The third-order valence-corrected chi connectivity index (χ3v) is 1.79. The molecule has 2 aromatic carbocycles. The first-order chi connectivity index (χ1) is 8.58. The van der Waals surface area contributed by atoms with Crippen LogP contribution < -0.4 is 9.47 Å². The minimum absolute atomic E-state index is 0. The molecule has 0 radical (unpaired) electrons. The van der Waals surface area contributed by atoms with Crippen molar-refractivity contribution in [3.05, 3.63) is 48.5 Å². The largest absolute Gasteiger partial charge is 0.756 e. The zero-order chi connectivity index (χ0) is 13.4. The molecule has 0 N–H and O–H groups in total. The normalized spacial score (nSPS) is 8.53. The Morgan fingerprint density at radius 1 is 0.947 bits per heavy atom. The third-order valence-electron chi connectivity index (χ3n) is 1.79. The van der Waals surface area contributed by atoms with Crippen LogP contribution in [0.4, 0.5) is 0 Å². The van der Waals surface area contributed by atoms with E-state index in [0.29, 0.717) is 11.5 Å². The van der Waals surface area contributed by atoms with Gasteiger partial charge in [0.1, 0.15) is 0 Å². The molecule has 0 amide bonds. The predicted molar refractivity (Wildman–Crippen MR) is 66.7 cm³/mol. The van der Waals surface area contributed by atoms with Crippen molar-refractivity contribution in [2.75, 3.05) is 0 Å². The van der Waals surface area contributed by atoms with Crippen LogP contribution in [0, 0.1) is 0 Å². The quantitative estimate of drug-likeness (QED) is 0.476. The molecule has 0 saturated heterocycles. The first-order valence-corrected chi connectivity index (χ1v) is 5.38. The molecule has 0 aliphatic rings. The second kappa shape index (κ2) is 9.23. The Hall–Kier alpha value is -1.74. The summed E-state index contributed by atoms with van der Waals surface area (Å²) in [7, 11) is 0. The molecule has 0 unspecified atom stereocenters. The Labute approximate surface area is 124 Å². The Balaban J connectivity index is 0.000000324. The molecule has 2 rings (SSSR count). The number of carbonyl (C=O) groups is 2. The van der Waals surface area contributed by atoms with Crippen molar-refractivity contribution < 1.29 is 38.5 Å². The molecule has 108 valence electrons. The molecule has 0 bridgehead atoms. The van der Waals surface area contributed by atoms with Gasteiger partial charge in [-0.05, 0) is 6.92 Å². The molecule has 2 aromatic rings. The number of ether oxygens (including phenoxy) is 2. The summed E-state index contributed by atoms with van der Waals surface area (Å²) in [5.74, 6) is 0.674. The van der Waals surface area contributed by atoms with Crippen molar-refractivity contribution in [2.45, 2.75) is 13.8 Å². The minimum Gasteiger partial charge on any atom is -0.756 e. The fourth-order valence-corrected chi connectivity index (χ4v) is 1.18. The van der Waals surface area contributed by atoms with E-state index in [9.17, 15) is 9.59 Å². The van der Waals surface area contributed by atoms with Crippen molar-refractivity contribution in [3.8, 4) is 11.5 Å². The van der Waals surface area contributed by atoms with Gasteiger partial charge in [-0.25, -0.2) is 0 Å².